The molecule has 2 N–H and O–H groups in total. The fourth-order valence-corrected chi connectivity index (χ4v) is 4.70. The van der Waals surface area contributed by atoms with Crippen LogP contribution in [0, 0.1) is 11.8 Å². The first-order valence-corrected chi connectivity index (χ1v) is 11.7. The topological polar surface area (TPSA) is 93.1 Å². The molecular weight excluding hydrogens is 408 g/mol. The zero-order chi connectivity index (χ0) is 23.3. The number of carbonyl (C=O) groups is 2. The number of rotatable bonds is 14. The number of carboxylic acid groups (broad SMARTS) is 1. The van der Waals surface area contributed by atoms with E-state index in [0.717, 1.165) is 25.7 Å². The van der Waals surface area contributed by atoms with Crippen molar-refractivity contribution in [3.05, 3.63) is 48.0 Å². The zero-order valence-electron chi connectivity index (χ0n) is 19.3. The summed E-state index contributed by atoms with van der Waals surface area (Å²) in [5.41, 5.74) is 1.29. The summed E-state index contributed by atoms with van der Waals surface area (Å²) >= 11 is 0. The van der Waals surface area contributed by atoms with Gasteiger partial charge in [0.2, 0.25) is 0 Å². The number of esters is 1. The van der Waals surface area contributed by atoms with E-state index in [9.17, 15) is 14.7 Å². The smallest absolute Gasteiger partial charge is 0.303 e. The number of carboxylic acids is 1. The van der Waals surface area contributed by atoms with E-state index < -0.39 is 12.1 Å². The molecule has 178 valence electrons. The molecule has 1 aliphatic carbocycles. The molecule has 0 amide bonds. The number of aliphatic carboxylic acids is 1. The number of benzene rings is 1. The van der Waals surface area contributed by atoms with Crippen molar-refractivity contribution in [3.8, 4) is 0 Å². The van der Waals surface area contributed by atoms with Gasteiger partial charge in [0, 0.05) is 32.8 Å². The summed E-state index contributed by atoms with van der Waals surface area (Å²) in [6.07, 6.45) is 9.49. The molecule has 0 saturated heterocycles. The Balaban J connectivity index is 1.92. The first kappa shape index (κ1) is 26.1. The van der Waals surface area contributed by atoms with Crippen LogP contribution in [0.1, 0.15) is 63.9 Å². The number of aliphatic hydroxyl groups is 1. The highest BCUT2D eigenvalue weighted by atomic mass is 16.5. The monoisotopic (exact) mass is 446 g/mol. The highest BCUT2D eigenvalue weighted by Gasteiger charge is 2.43. The second kappa shape index (κ2) is 14.1. The van der Waals surface area contributed by atoms with E-state index in [2.05, 4.69) is 12.1 Å². The van der Waals surface area contributed by atoms with Crippen LogP contribution < -0.4 is 0 Å². The molecule has 1 aromatic rings. The molecule has 1 aromatic carbocycles. The van der Waals surface area contributed by atoms with Crippen LogP contribution in [0.3, 0.4) is 0 Å². The second-order valence-electron chi connectivity index (χ2n) is 8.73. The van der Waals surface area contributed by atoms with Crippen molar-refractivity contribution >= 4 is 11.9 Å². The molecule has 0 bridgehead atoms. The van der Waals surface area contributed by atoms with Crippen molar-refractivity contribution in [1.82, 2.24) is 0 Å². The first-order chi connectivity index (χ1) is 15.4. The lowest BCUT2D eigenvalue weighted by Gasteiger charge is -2.26. The highest BCUT2D eigenvalue weighted by molar-refractivity contribution is 5.66. The van der Waals surface area contributed by atoms with Crippen molar-refractivity contribution in [3.63, 3.8) is 0 Å². The third-order valence-electron chi connectivity index (χ3n) is 6.40. The Morgan fingerprint density at radius 1 is 1.16 bits per heavy atom. The number of hydrogen-bond acceptors (Lipinski definition) is 5. The van der Waals surface area contributed by atoms with Crippen molar-refractivity contribution in [2.45, 2.75) is 83.0 Å². The van der Waals surface area contributed by atoms with Crippen LogP contribution in [-0.4, -0.2) is 47.6 Å². The summed E-state index contributed by atoms with van der Waals surface area (Å²) in [7, 11) is 1.74. The number of aryl methyl sites for hydroxylation is 1. The van der Waals surface area contributed by atoms with Crippen LogP contribution in [0.5, 0.6) is 0 Å². The van der Waals surface area contributed by atoms with Crippen molar-refractivity contribution < 1.29 is 29.3 Å². The molecule has 6 nitrogen and oxygen atoms in total. The van der Waals surface area contributed by atoms with Gasteiger partial charge < -0.3 is 19.7 Å². The van der Waals surface area contributed by atoms with Gasteiger partial charge in [-0.3, -0.25) is 9.59 Å². The maximum Gasteiger partial charge on any atom is 0.303 e. The van der Waals surface area contributed by atoms with Crippen molar-refractivity contribution in [2.24, 2.45) is 11.8 Å². The third-order valence-corrected chi connectivity index (χ3v) is 6.40. The SMILES string of the molecule is CO[C@@H](CCc1ccccc1)CC[C@@H]1[C@@H](C/C=C\CCCC(=O)O)[C@@H](O)C[C@H]1OC(C)=O. The minimum atomic E-state index is -0.783. The third kappa shape index (κ3) is 9.13. The highest BCUT2D eigenvalue weighted by Crippen LogP contribution is 2.40. The molecule has 6 heteroatoms. The molecule has 1 fully saturated rings. The van der Waals surface area contributed by atoms with Gasteiger partial charge in [-0.05, 0) is 56.4 Å². The van der Waals surface area contributed by atoms with E-state index in [1.165, 1.54) is 12.5 Å². The lowest BCUT2D eigenvalue weighted by molar-refractivity contribution is -0.148. The predicted octanol–water partition coefficient (Wildman–Crippen LogP) is 4.54. The number of unbranched alkanes of at least 4 members (excludes halogenated alkanes) is 1. The molecular formula is C26H38O6. The molecule has 0 aromatic heterocycles. The number of carbonyl (C=O) groups excluding carboxylic acids is 1. The minimum Gasteiger partial charge on any atom is -0.481 e. The van der Waals surface area contributed by atoms with Crippen LogP contribution in [0.4, 0.5) is 0 Å². The van der Waals surface area contributed by atoms with Crippen LogP contribution in [0.25, 0.3) is 0 Å². The zero-order valence-corrected chi connectivity index (χ0v) is 19.3. The van der Waals surface area contributed by atoms with Gasteiger partial charge in [0.05, 0.1) is 12.2 Å². The van der Waals surface area contributed by atoms with Gasteiger partial charge in [-0.1, -0.05) is 42.5 Å². The normalized spacial score (nSPS) is 24.0. The summed E-state index contributed by atoms with van der Waals surface area (Å²) in [6.45, 7) is 1.41. The second-order valence-corrected chi connectivity index (χ2v) is 8.73. The van der Waals surface area contributed by atoms with Gasteiger partial charge in [-0.25, -0.2) is 0 Å². The van der Waals surface area contributed by atoms with Gasteiger partial charge in [-0.2, -0.15) is 0 Å². The Hall–Kier alpha value is -2.18. The van der Waals surface area contributed by atoms with E-state index in [0.29, 0.717) is 25.7 Å². The summed E-state index contributed by atoms with van der Waals surface area (Å²) < 4.78 is 11.3. The average Bonchev–Trinajstić information content (AvgIpc) is 3.04. The van der Waals surface area contributed by atoms with Gasteiger partial charge in [-0.15, -0.1) is 0 Å². The number of aliphatic hydroxyl groups excluding tert-OH is 1. The number of allylic oxidation sites excluding steroid dienone is 2. The molecule has 0 aliphatic heterocycles. The average molecular weight is 447 g/mol. The van der Waals surface area contributed by atoms with Gasteiger partial charge in [0.15, 0.2) is 0 Å². The molecule has 2 rings (SSSR count). The molecule has 0 unspecified atom stereocenters. The van der Waals surface area contributed by atoms with Crippen LogP contribution >= 0.6 is 0 Å². The Kier molecular flexibility index (Phi) is 11.5. The van der Waals surface area contributed by atoms with Crippen molar-refractivity contribution in [1.29, 1.82) is 0 Å². The van der Waals surface area contributed by atoms with Crippen LogP contribution in [0.15, 0.2) is 42.5 Å². The summed E-state index contributed by atoms with van der Waals surface area (Å²) in [5.74, 6) is -1.01. The summed E-state index contributed by atoms with van der Waals surface area (Å²) in [4.78, 5) is 22.2. The maximum atomic E-state index is 11.6. The van der Waals surface area contributed by atoms with Crippen LogP contribution in [0.2, 0.25) is 0 Å². The Morgan fingerprint density at radius 2 is 1.91 bits per heavy atom. The molecule has 1 saturated carbocycles. The summed E-state index contributed by atoms with van der Waals surface area (Å²) in [6, 6.07) is 10.3. The lowest BCUT2D eigenvalue weighted by atomic mass is 9.85. The number of methoxy groups -OCH3 is 1. The quantitative estimate of drug-likeness (QED) is 0.247. The molecule has 32 heavy (non-hydrogen) atoms. The van der Waals surface area contributed by atoms with E-state index in [-0.39, 0.29) is 36.4 Å². The van der Waals surface area contributed by atoms with Crippen LogP contribution in [-0.2, 0) is 25.5 Å². The van der Waals surface area contributed by atoms with Crippen molar-refractivity contribution in [2.75, 3.05) is 7.11 Å². The summed E-state index contributed by atoms with van der Waals surface area (Å²) in [5, 5.41) is 19.4. The predicted molar refractivity (Wildman–Crippen MR) is 123 cm³/mol. The van der Waals surface area contributed by atoms with Gasteiger partial charge >= 0.3 is 11.9 Å². The lowest BCUT2D eigenvalue weighted by Crippen LogP contribution is -2.27. The van der Waals surface area contributed by atoms with Gasteiger partial charge in [0.1, 0.15) is 6.10 Å². The standard InChI is InChI=1S/C26H38O6/c1-19(27)32-25-18-24(28)22(12-8-3-4-9-13-26(29)30)23(25)17-16-21(31-2)15-14-20-10-6-5-7-11-20/h3,5-8,10-11,21-25,28H,4,9,12-18H2,1-2H3,(H,29,30)/b8-3-/t21-,22+,23+,24-,25+/m0/s1. The van der Waals surface area contributed by atoms with E-state index in [1.54, 1.807) is 7.11 Å². The fraction of sp³-hybridized carbons (Fsp3) is 0.615. The Morgan fingerprint density at radius 3 is 2.56 bits per heavy atom. The number of hydrogen-bond donors (Lipinski definition) is 2. The Bertz CT molecular complexity index is 716. The molecule has 5 atom stereocenters. The van der Waals surface area contributed by atoms with E-state index >= 15 is 0 Å². The Labute approximate surface area is 191 Å². The first-order valence-electron chi connectivity index (χ1n) is 11.7. The molecule has 0 spiro atoms. The molecule has 0 heterocycles. The van der Waals surface area contributed by atoms with Gasteiger partial charge in [0.25, 0.3) is 0 Å². The fourth-order valence-electron chi connectivity index (χ4n) is 4.70. The van der Waals surface area contributed by atoms with E-state index in [4.69, 9.17) is 14.6 Å². The number of ether oxygens (including phenoxy) is 2. The maximum absolute atomic E-state index is 11.6. The minimum absolute atomic E-state index is 0.0155. The molecule has 0 radical (unpaired) electrons. The largest absolute Gasteiger partial charge is 0.481 e. The van der Waals surface area contributed by atoms with E-state index in [1.807, 2.05) is 30.4 Å². The molecule has 1 aliphatic rings.